The maximum atomic E-state index is 13.2. The molecule has 2 aliphatic heterocycles. The quantitative estimate of drug-likeness (QED) is 0.595. The van der Waals surface area contributed by atoms with Gasteiger partial charge in [-0.05, 0) is 70.1 Å². The van der Waals surface area contributed by atoms with Crippen LogP contribution in [0.2, 0.25) is 0 Å². The lowest BCUT2D eigenvalue weighted by molar-refractivity contribution is 0.0126. The number of rotatable bonds is 4. The van der Waals surface area contributed by atoms with Crippen molar-refractivity contribution in [3.63, 3.8) is 0 Å². The Bertz CT molecular complexity index is 1230. The molecule has 0 atom stereocenters. The van der Waals surface area contributed by atoms with Crippen molar-refractivity contribution >= 4 is 21.5 Å². The molecule has 35 heavy (non-hydrogen) atoms. The van der Waals surface area contributed by atoms with Crippen LogP contribution >= 0.6 is 0 Å². The fraction of sp³-hybridized carbons (Fsp3) is 0.556. The zero-order chi connectivity index (χ0) is 25.8. The Morgan fingerprint density at radius 1 is 0.914 bits per heavy atom. The van der Waals surface area contributed by atoms with Crippen molar-refractivity contribution in [1.82, 2.24) is 14.4 Å². The van der Waals surface area contributed by atoms with E-state index in [9.17, 15) is 18.0 Å². The number of hydrogen-bond acceptors (Lipinski definition) is 5. The van der Waals surface area contributed by atoms with Crippen molar-refractivity contribution in [3.8, 4) is 0 Å². The van der Waals surface area contributed by atoms with Gasteiger partial charge in [-0.3, -0.25) is 14.5 Å². The van der Waals surface area contributed by atoms with E-state index in [2.05, 4.69) is 22.6 Å². The number of carbonyl (C=O) groups excluding carboxylic acids is 2. The first-order valence-corrected chi connectivity index (χ1v) is 13.9. The molecule has 1 aromatic carbocycles. The second-order valence-electron chi connectivity index (χ2n) is 11.2. The summed E-state index contributed by atoms with van der Waals surface area (Å²) in [5, 5.41) is -0.507. The summed E-state index contributed by atoms with van der Waals surface area (Å²) in [5.74, 6) is 0.0739. The molecule has 1 saturated heterocycles. The van der Waals surface area contributed by atoms with E-state index in [1.165, 1.54) is 12.1 Å². The fourth-order valence-corrected chi connectivity index (χ4v) is 6.38. The second-order valence-corrected chi connectivity index (χ2v) is 13.7. The molecule has 3 heterocycles. The number of likely N-dealkylation sites (tertiary alicyclic amines) is 1. The highest BCUT2D eigenvalue weighted by Crippen LogP contribution is 2.42. The SMILES string of the molecule is CC(C)S(=O)(=O)c1ccc(C(=O)N2CCC3(CC2)c2ccc(C(=O)C(C)(C)C)n2CCN3C)cc1. The first kappa shape index (κ1) is 25.6. The average molecular weight is 500 g/mol. The minimum absolute atomic E-state index is 0.0780. The third-order valence-electron chi connectivity index (χ3n) is 7.69. The Hall–Kier alpha value is -2.45. The van der Waals surface area contributed by atoms with Gasteiger partial charge < -0.3 is 9.47 Å². The van der Waals surface area contributed by atoms with Crippen molar-refractivity contribution in [2.75, 3.05) is 26.7 Å². The average Bonchev–Trinajstić information content (AvgIpc) is 3.25. The molecule has 4 rings (SSSR count). The number of ketones is 1. The molecule has 7 nitrogen and oxygen atoms in total. The van der Waals surface area contributed by atoms with E-state index in [1.54, 1.807) is 26.0 Å². The third-order valence-corrected chi connectivity index (χ3v) is 9.86. The summed E-state index contributed by atoms with van der Waals surface area (Å²) < 4.78 is 27.0. The number of Topliss-reactive ketones (excluding diaryl/α,β-unsaturated/α-hetero) is 1. The highest BCUT2D eigenvalue weighted by molar-refractivity contribution is 7.92. The standard InChI is InChI=1S/C27H37N3O4S/c1-19(2)35(33,34)21-9-7-20(8-10-21)25(32)29-15-13-27(14-16-29)23-12-11-22(24(31)26(3,4)5)30(23)18-17-28(27)6/h7-12,19H,13-18H2,1-6H3. The van der Waals surface area contributed by atoms with E-state index in [-0.39, 0.29) is 22.1 Å². The highest BCUT2D eigenvalue weighted by Gasteiger charge is 2.45. The number of piperidine rings is 1. The predicted molar refractivity (Wildman–Crippen MR) is 136 cm³/mol. The number of fused-ring (bicyclic) bond motifs is 2. The van der Waals surface area contributed by atoms with Crippen LogP contribution in [-0.2, 0) is 21.9 Å². The van der Waals surface area contributed by atoms with E-state index in [0.29, 0.717) is 18.7 Å². The van der Waals surface area contributed by atoms with Gasteiger partial charge in [-0.1, -0.05) is 20.8 Å². The number of hydrogen-bond donors (Lipinski definition) is 0. The zero-order valence-electron chi connectivity index (χ0n) is 21.7. The van der Waals surface area contributed by atoms with Crippen LogP contribution in [0.5, 0.6) is 0 Å². The largest absolute Gasteiger partial charge is 0.339 e. The minimum Gasteiger partial charge on any atom is -0.339 e. The van der Waals surface area contributed by atoms with E-state index in [0.717, 1.165) is 37.3 Å². The number of sulfone groups is 1. The Morgan fingerprint density at radius 3 is 2.06 bits per heavy atom. The van der Waals surface area contributed by atoms with Crippen molar-refractivity contribution in [1.29, 1.82) is 0 Å². The normalized spacial score (nSPS) is 18.7. The van der Waals surface area contributed by atoms with E-state index in [1.807, 2.05) is 31.7 Å². The lowest BCUT2D eigenvalue weighted by Gasteiger charge is -2.50. The van der Waals surface area contributed by atoms with Crippen LogP contribution in [0.3, 0.4) is 0 Å². The number of carbonyl (C=O) groups is 2. The Kier molecular flexibility index (Phi) is 6.51. The van der Waals surface area contributed by atoms with Gasteiger partial charge in [0.1, 0.15) is 0 Å². The number of amides is 1. The minimum atomic E-state index is -3.37. The highest BCUT2D eigenvalue weighted by atomic mass is 32.2. The first-order chi connectivity index (χ1) is 16.3. The second kappa shape index (κ2) is 8.89. The van der Waals surface area contributed by atoms with Crippen LogP contribution in [-0.4, -0.2) is 66.4 Å². The molecule has 2 aromatic rings. The first-order valence-electron chi connectivity index (χ1n) is 12.4. The van der Waals surface area contributed by atoms with Gasteiger partial charge in [0.2, 0.25) is 0 Å². The molecule has 0 aliphatic carbocycles. The smallest absolute Gasteiger partial charge is 0.253 e. The van der Waals surface area contributed by atoms with E-state index in [4.69, 9.17) is 0 Å². The van der Waals surface area contributed by atoms with Gasteiger partial charge in [-0.15, -0.1) is 0 Å². The lowest BCUT2D eigenvalue weighted by atomic mass is 9.81. The lowest BCUT2D eigenvalue weighted by Crippen LogP contribution is -2.56. The van der Waals surface area contributed by atoms with Crippen LogP contribution in [0.15, 0.2) is 41.3 Å². The fourth-order valence-electron chi connectivity index (χ4n) is 5.32. The zero-order valence-corrected chi connectivity index (χ0v) is 22.5. The van der Waals surface area contributed by atoms with Gasteiger partial charge in [0.15, 0.2) is 15.6 Å². The topological polar surface area (TPSA) is 79.7 Å². The number of likely N-dealkylation sites (N-methyl/N-ethyl adjacent to an activating group) is 1. The van der Waals surface area contributed by atoms with Crippen LogP contribution < -0.4 is 0 Å². The summed E-state index contributed by atoms with van der Waals surface area (Å²) in [7, 11) is -1.24. The van der Waals surface area contributed by atoms with Gasteiger partial charge in [0.25, 0.3) is 5.91 Å². The molecule has 0 unspecified atom stereocenters. The monoisotopic (exact) mass is 499 g/mol. The van der Waals surface area contributed by atoms with Gasteiger partial charge in [-0.25, -0.2) is 8.42 Å². The summed E-state index contributed by atoms with van der Waals surface area (Å²) in [6.45, 7) is 12.0. The molecule has 8 heteroatoms. The molecule has 0 saturated carbocycles. The third kappa shape index (κ3) is 4.35. The Balaban J connectivity index is 1.53. The van der Waals surface area contributed by atoms with Crippen molar-refractivity contribution < 1.29 is 18.0 Å². The van der Waals surface area contributed by atoms with Crippen LogP contribution in [0, 0.1) is 5.41 Å². The molecular weight excluding hydrogens is 462 g/mol. The molecular formula is C27H37N3O4S. The molecule has 1 aromatic heterocycles. The maximum absolute atomic E-state index is 13.2. The molecule has 1 amide bonds. The van der Waals surface area contributed by atoms with Gasteiger partial charge in [0, 0.05) is 42.9 Å². The van der Waals surface area contributed by atoms with Crippen LogP contribution in [0.25, 0.3) is 0 Å². The summed E-state index contributed by atoms with van der Waals surface area (Å²) in [4.78, 5) is 30.7. The van der Waals surface area contributed by atoms with Crippen molar-refractivity contribution in [2.24, 2.45) is 5.41 Å². The number of nitrogens with zero attached hydrogens (tertiary/aromatic N) is 3. The summed E-state index contributed by atoms with van der Waals surface area (Å²) in [6, 6.07) is 10.4. The van der Waals surface area contributed by atoms with Gasteiger partial charge in [0.05, 0.1) is 21.4 Å². The maximum Gasteiger partial charge on any atom is 0.253 e. The van der Waals surface area contributed by atoms with Crippen LogP contribution in [0.4, 0.5) is 0 Å². The van der Waals surface area contributed by atoms with Crippen molar-refractivity contribution in [2.45, 2.75) is 69.7 Å². The predicted octanol–water partition coefficient (Wildman–Crippen LogP) is 3.98. The van der Waals surface area contributed by atoms with Gasteiger partial charge in [-0.2, -0.15) is 0 Å². The molecule has 0 N–H and O–H groups in total. The molecule has 190 valence electrons. The van der Waals surface area contributed by atoms with Gasteiger partial charge >= 0.3 is 0 Å². The van der Waals surface area contributed by atoms with E-state index >= 15 is 0 Å². The summed E-state index contributed by atoms with van der Waals surface area (Å²) >= 11 is 0. The Morgan fingerprint density at radius 2 is 1.51 bits per heavy atom. The summed E-state index contributed by atoms with van der Waals surface area (Å²) in [6.07, 6.45) is 1.56. The Labute approximate surface area is 209 Å². The summed E-state index contributed by atoms with van der Waals surface area (Å²) in [5.41, 5.74) is 1.79. The van der Waals surface area contributed by atoms with E-state index < -0.39 is 20.5 Å². The number of aromatic nitrogens is 1. The van der Waals surface area contributed by atoms with Crippen LogP contribution in [0.1, 0.15) is 74.0 Å². The molecule has 2 aliphatic rings. The molecule has 1 fully saturated rings. The molecule has 0 bridgehead atoms. The van der Waals surface area contributed by atoms with Crippen molar-refractivity contribution in [3.05, 3.63) is 53.3 Å². The molecule has 1 spiro atoms. The molecule has 0 radical (unpaired) electrons. The number of benzene rings is 1.